The molecule has 0 bridgehead atoms. The molecule has 7 nitrogen and oxygen atoms in total. The number of nitrogens with zero attached hydrogens (tertiary/aromatic N) is 1. The molecule has 2 saturated heterocycles. The van der Waals surface area contributed by atoms with Gasteiger partial charge in [-0.3, -0.25) is 9.59 Å². The molecule has 0 spiro atoms. The smallest absolute Gasteiger partial charge is 0.328 e. The quantitative estimate of drug-likeness (QED) is 0.619. The molecule has 0 saturated carbocycles. The molecule has 2 rings (SSSR count). The maximum atomic E-state index is 12.1. The van der Waals surface area contributed by atoms with Gasteiger partial charge in [-0.1, -0.05) is 0 Å². The summed E-state index contributed by atoms with van der Waals surface area (Å²) in [6.45, 7) is 0.583. The Bertz CT molecular complexity index is 357. The number of carbonyl (C=O) groups is 3. The second kappa shape index (κ2) is 4.70. The van der Waals surface area contributed by atoms with E-state index in [9.17, 15) is 14.4 Å². The Balaban J connectivity index is 2.06. The van der Waals surface area contributed by atoms with Gasteiger partial charge in [-0.2, -0.15) is 0 Å². The molecule has 2 N–H and O–H groups in total. The Hall–Kier alpha value is -1.63. The first kappa shape index (κ1) is 11.8. The molecule has 0 radical (unpaired) electrons. The predicted octanol–water partition coefficient (Wildman–Crippen LogP) is -1.42. The minimum absolute atomic E-state index is 0.00173. The Morgan fingerprint density at radius 1 is 1.47 bits per heavy atom. The fraction of sp³-hybridized carbons (Fsp3) is 0.700. The SMILES string of the molecule is O=C1CCC(C(=O)N2CCOCC2C(=O)O)N1. The minimum Gasteiger partial charge on any atom is -0.480 e. The Morgan fingerprint density at radius 3 is 2.82 bits per heavy atom. The first-order valence-corrected chi connectivity index (χ1v) is 5.50. The second-order valence-electron chi connectivity index (χ2n) is 4.12. The summed E-state index contributed by atoms with van der Waals surface area (Å²) in [6, 6.07) is -1.53. The van der Waals surface area contributed by atoms with Crippen LogP contribution in [0.3, 0.4) is 0 Å². The highest BCUT2D eigenvalue weighted by atomic mass is 16.5. The van der Waals surface area contributed by atoms with Gasteiger partial charge in [-0.25, -0.2) is 4.79 Å². The van der Waals surface area contributed by atoms with E-state index < -0.39 is 18.1 Å². The second-order valence-corrected chi connectivity index (χ2v) is 4.12. The maximum Gasteiger partial charge on any atom is 0.328 e. The first-order chi connectivity index (χ1) is 8.09. The van der Waals surface area contributed by atoms with Crippen molar-refractivity contribution in [3.63, 3.8) is 0 Å². The van der Waals surface area contributed by atoms with E-state index in [4.69, 9.17) is 9.84 Å². The van der Waals surface area contributed by atoms with Gasteiger partial charge < -0.3 is 20.1 Å². The van der Waals surface area contributed by atoms with Crippen LogP contribution in [-0.2, 0) is 19.1 Å². The Labute approximate surface area is 97.7 Å². The van der Waals surface area contributed by atoms with Crippen molar-refractivity contribution in [2.45, 2.75) is 24.9 Å². The van der Waals surface area contributed by atoms with Gasteiger partial charge in [0.2, 0.25) is 11.8 Å². The van der Waals surface area contributed by atoms with Crippen LogP contribution < -0.4 is 5.32 Å². The molecule has 0 aliphatic carbocycles. The average Bonchev–Trinajstić information content (AvgIpc) is 2.75. The number of aliphatic carboxylic acids is 1. The van der Waals surface area contributed by atoms with Crippen LogP contribution >= 0.6 is 0 Å². The van der Waals surface area contributed by atoms with Crippen molar-refractivity contribution in [2.24, 2.45) is 0 Å². The molecule has 2 aliphatic rings. The highest BCUT2D eigenvalue weighted by Gasteiger charge is 2.38. The molecule has 2 heterocycles. The Kier molecular flexibility index (Phi) is 3.28. The lowest BCUT2D eigenvalue weighted by Crippen LogP contribution is -2.56. The third-order valence-electron chi connectivity index (χ3n) is 2.99. The molecule has 2 fully saturated rings. The lowest BCUT2D eigenvalue weighted by molar-refractivity contribution is -0.159. The van der Waals surface area contributed by atoms with Crippen LogP contribution in [0.25, 0.3) is 0 Å². The van der Waals surface area contributed by atoms with Gasteiger partial charge in [-0.05, 0) is 6.42 Å². The summed E-state index contributed by atoms with van der Waals surface area (Å²) in [5, 5.41) is 11.5. The van der Waals surface area contributed by atoms with Gasteiger partial charge in [0.05, 0.1) is 13.2 Å². The monoisotopic (exact) mass is 242 g/mol. The van der Waals surface area contributed by atoms with Crippen molar-refractivity contribution >= 4 is 17.8 Å². The number of carboxylic acid groups (broad SMARTS) is 1. The number of morpholine rings is 1. The minimum atomic E-state index is -1.08. The van der Waals surface area contributed by atoms with Gasteiger partial charge in [-0.15, -0.1) is 0 Å². The van der Waals surface area contributed by atoms with Crippen molar-refractivity contribution in [2.75, 3.05) is 19.8 Å². The maximum absolute atomic E-state index is 12.1. The fourth-order valence-corrected chi connectivity index (χ4v) is 2.07. The average molecular weight is 242 g/mol. The molecule has 17 heavy (non-hydrogen) atoms. The van der Waals surface area contributed by atoms with Crippen molar-refractivity contribution in [1.82, 2.24) is 10.2 Å². The highest BCUT2D eigenvalue weighted by Crippen LogP contribution is 2.14. The van der Waals surface area contributed by atoms with Gasteiger partial charge in [0.15, 0.2) is 6.04 Å². The molecule has 0 aromatic heterocycles. The van der Waals surface area contributed by atoms with Crippen LogP contribution in [-0.4, -0.2) is 59.6 Å². The standard InChI is InChI=1S/C10H14N2O5/c13-8-2-1-6(11-8)9(14)12-3-4-17-5-7(12)10(15)16/h6-7H,1-5H2,(H,11,13)(H,15,16). The topological polar surface area (TPSA) is 95.9 Å². The lowest BCUT2D eigenvalue weighted by Gasteiger charge is -2.34. The van der Waals surface area contributed by atoms with E-state index in [1.54, 1.807) is 0 Å². The normalized spacial score (nSPS) is 28.9. The van der Waals surface area contributed by atoms with Crippen LogP contribution in [0.4, 0.5) is 0 Å². The number of carbonyl (C=O) groups excluding carboxylic acids is 2. The molecule has 0 aromatic carbocycles. The number of rotatable bonds is 2. The molecule has 94 valence electrons. The zero-order valence-electron chi connectivity index (χ0n) is 9.22. The van der Waals surface area contributed by atoms with Crippen molar-refractivity contribution in [1.29, 1.82) is 0 Å². The summed E-state index contributed by atoms with van der Waals surface area (Å²) in [5.41, 5.74) is 0. The summed E-state index contributed by atoms with van der Waals surface area (Å²) in [4.78, 5) is 35.4. The number of carboxylic acids is 1. The molecule has 2 unspecified atom stereocenters. The van der Waals surface area contributed by atoms with E-state index in [1.165, 1.54) is 4.90 Å². The first-order valence-electron chi connectivity index (χ1n) is 5.50. The molecular weight excluding hydrogens is 228 g/mol. The van der Waals surface area contributed by atoms with E-state index in [0.717, 1.165) is 0 Å². The van der Waals surface area contributed by atoms with Crippen LogP contribution in [0.2, 0.25) is 0 Å². The van der Waals surface area contributed by atoms with E-state index in [2.05, 4.69) is 5.32 Å². The van der Waals surface area contributed by atoms with Crippen molar-refractivity contribution in [3.05, 3.63) is 0 Å². The van der Waals surface area contributed by atoms with Gasteiger partial charge in [0, 0.05) is 13.0 Å². The lowest BCUT2D eigenvalue weighted by atomic mass is 10.1. The predicted molar refractivity (Wildman–Crippen MR) is 55.1 cm³/mol. The van der Waals surface area contributed by atoms with E-state index in [-0.39, 0.29) is 25.0 Å². The number of hydrogen-bond donors (Lipinski definition) is 2. The third-order valence-corrected chi connectivity index (χ3v) is 2.99. The van der Waals surface area contributed by atoms with Crippen LogP contribution in [0, 0.1) is 0 Å². The largest absolute Gasteiger partial charge is 0.480 e. The van der Waals surface area contributed by atoms with Crippen molar-refractivity contribution < 1.29 is 24.2 Å². The Morgan fingerprint density at radius 2 is 2.24 bits per heavy atom. The number of hydrogen-bond acceptors (Lipinski definition) is 4. The number of amides is 2. The molecule has 0 aromatic rings. The summed E-state index contributed by atoms with van der Waals surface area (Å²) in [6.07, 6.45) is 0.750. The van der Waals surface area contributed by atoms with E-state index in [0.29, 0.717) is 19.4 Å². The van der Waals surface area contributed by atoms with E-state index >= 15 is 0 Å². The molecule has 2 aliphatic heterocycles. The van der Waals surface area contributed by atoms with E-state index in [1.807, 2.05) is 0 Å². The summed E-state index contributed by atoms with van der Waals surface area (Å²) in [5.74, 6) is -1.57. The molecular formula is C10H14N2O5. The molecule has 2 atom stereocenters. The summed E-state index contributed by atoms with van der Waals surface area (Å²) < 4.78 is 5.05. The van der Waals surface area contributed by atoms with Crippen LogP contribution in [0.1, 0.15) is 12.8 Å². The highest BCUT2D eigenvalue weighted by molar-refractivity contribution is 5.93. The fourth-order valence-electron chi connectivity index (χ4n) is 2.07. The van der Waals surface area contributed by atoms with Gasteiger partial charge >= 0.3 is 5.97 Å². The van der Waals surface area contributed by atoms with Crippen LogP contribution in [0.5, 0.6) is 0 Å². The van der Waals surface area contributed by atoms with Crippen molar-refractivity contribution in [3.8, 4) is 0 Å². The zero-order valence-corrected chi connectivity index (χ0v) is 9.22. The molecule has 7 heteroatoms. The number of ether oxygens (including phenoxy) is 1. The van der Waals surface area contributed by atoms with Gasteiger partial charge in [0.25, 0.3) is 0 Å². The number of nitrogens with one attached hydrogen (secondary N) is 1. The van der Waals surface area contributed by atoms with Crippen LogP contribution in [0.15, 0.2) is 0 Å². The molecule has 2 amide bonds. The zero-order chi connectivity index (χ0) is 12.4. The third kappa shape index (κ3) is 2.38. The summed E-state index contributed by atoms with van der Waals surface area (Å²) in [7, 11) is 0. The van der Waals surface area contributed by atoms with Gasteiger partial charge in [0.1, 0.15) is 6.04 Å². The summed E-state index contributed by atoms with van der Waals surface area (Å²) >= 11 is 0.